The Kier molecular flexibility index (Phi) is 3.60. The molecule has 0 bridgehead atoms. The molecule has 0 radical (unpaired) electrons. The summed E-state index contributed by atoms with van der Waals surface area (Å²) in [5.74, 6) is 1.54. The second kappa shape index (κ2) is 5.71. The summed E-state index contributed by atoms with van der Waals surface area (Å²) in [5, 5.41) is 4.03. The molecule has 0 aliphatic rings. The van der Waals surface area contributed by atoms with Crippen LogP contribution in [0.2, 0.25) is 0 Å². The number of ether oxygens (including phenoxy) is 1. The molecule has 2 aromatic carbocycles. The van der Waals surface area contributed by atoms with Crippen molar-refractivity contribution in [3.05, 3.63) is 65.9 Å². The fourth-order valence-electron chi connectivity index (χ4n) is 2.10. The van der Waals surface area contributed by atoms with E-state index in [0.717, 1.165) is 34.0 Å². The lowest BCUT2D eigenvalue weighted by Gasteiger charge is -2.07. The Hall–Kier alpha value is -2.75. The van der Waals surface area contributed by atoms with Crippen LogP contribution in [0, 0.1) is 6.92 Å². The molecule has 0 atom stereocenters. The molecule has 4 heteroatoms. The summed E-state index contributed by atoms with van der Waals surface area (Å²) in [5.41, 5.74) is 9.21. The summed E-state index contributed by atoms with van der Waals surface area (Å²) >= 11 is 0. The maximum absolute atomic E-state index is 5.75. The monoisotopic (exact) mass is 280 g/mol. The fourth-order valence-corrected chi connectivity index (χ4v) is 2.10. The summed E-state index contributed by atoms with van der Waals surface area (Å²) < 4.78 is 11.1. The van der Waals surface area contributed by atoms with Gasteiger partial charge in [-0.15, -0.1) is 0 Å². The van der Waals surface area contributed by atoms with Gasteiger partial charge in [0.2, 0.25) is 0 Å². The van der Waals surface area contributed by atoms with Gasteiger partial charge in [-0.1, -0.05) is 35.5 Å². The molecule has 0 fully saturated rings. The summed E-state index contributed by atoms with van der Waals surface area (Å²) in [6.45, 7) is 2.32. The molecule has 1 aromatic heterocycles. The Bertz CT molecular complexity index is 736. The van der Waals surface area contributed by atoms with Crippen LogP contribution in [-0.2, 0) is 6.61 Å². The van der Waals surface area contributed by atoms with Gasteiger partial charge in [0.05, 0.1) is 0 Å². The van der Waals surface area contributed by atoms with Crippen molar-refractivity contribution in [2.75, 3.05) is 5.73 Å². The van der Waals surface area contributed by atoms with Gasteiger partial charge in [0.25, 0.3) is 0 Å². The molecule has 3 rings (SSSR count). The van der Waals surface area contributed by atoms with Crippen LogP contribution < -0.4 is 10.5 Å². The molecular weight excluding hydrogens is 264 g/mol. The normalized spacial score (nSPS) is 10.5. The van der Waals surface area contributed by atoms with Gasteiger partial charge >= 0.3 is 0 Å². The van der Waals surface area contributed by atoms with E-state index in [1.165, 1.54) is 0 Å². The summed E-state index contributed by atoms with van der Waals surface area (Å²) in [7, 11) is 0. The van der Waals surface area contributed by atoms with E-state index in [1.807, 2.05) is 61.5 Å². The highest BCUT2D eigenvalue weighted by molar-refractivity contribution is 5.56. The Morgan fingerprint density at radius 3 is 2.67 bits per heavy atom. The van der Waals surface area contributed by atoms with E-state index in [-0.39, 0.29) is 0 Å². The lowest BCUT2D eigenvalue weighted by atomic mass is 10.2. The average Bonchev–Trinajstić information content (AvgIpc) is 2.96. The second-order valence-electron chi connectivity index (χ2n) is 4.86. The molecule has 106 valence electrons. The quantitative estimate of drug-likeness (QED) is 0.738. The first-order valence-corrected chi connectivity index (χ1v) is 6.72. The van der Waals surface area contributed by atoms with Crippen molar-refractivity contribution in [1.29, 1.82) is 0 Å². The predicted molar refractivity (Wildman–Crippen MR) is 81.9 cm³/mol. The SMILES string of the molecule is Cc1cc(N)ccc1OCc1cc(-c2ccccc2)on1. The van der Waals surface area contributed by atoms with E-state index < -0.39 is 0 Å². The molecule has 0 aliphatic heterocycles. The van der Waals surface area contributed by atoms with Crippen molar-refractivity contribution in [3.8, 4) is 17.1 Å². The first kappa shape index (κ1) is 13.2. The third-order valence-electron chi connectivity index (χ3n) is 3.19. The number of hydrogen-bond acceptors (Lipinski definition) is 4. The number of rotatable bonds is 4. The summed E-state index contributed by atoms with van der Waals surface area (Å²) in [4.78, 5) is 0. The largest absolute Gasteiger partial charge is 0.487 e. The molecule has 0 spiro atoms. The van der Waals surface area contributed by atoms with Gasteiger partial charge in [0, 0.05) is 17.3 Å². The van der Waals surface area contributed by atoms with E-state index in [0.29, 0.717) is 6.61 Å². The van der Waals surface area contributed by atoms with Gasteiger partial charge in [0.1, 0.15) is 18.1 Å². The highest BCUT2D eigenvalue weighted by Crippen LogP contribution is 2.23. The van der Waals surface area contributed by atoms with Crippen LogP contribution in [0.5, 0.6) is 5.75 Å². The Morgan fingerprint density at radius 1 is 1.10 bits per heavy atom. The van der Waals surface area contributed by atoms with Crippen molar-refractivity contribution >= 4 is 5.69 Å². The van der Waals surface area contributed by atoms with E-state index in [9.17, 15) is 0 Å². The van der Waals surface area contributed by atoms with Crippen LogP contribution in [0.25, 0.3) is 11.3 Å². The molecular formula is C17H16N2O2. The molecule has 21 heavy (non-hydrogen) atoms. The Labute approximate surface area is 123 Å². The second-order valence-corrected chi connectivity index (χ2v) is 4.86. The minimum Gasteiger partial charge on any atom is -0.487 e. The zero-order valence-corrected chi connectivity index (χ0v) is 11.7. The zero-order chi connectivity index (χ0) is 14.7. The van der Waals surface area contributed by atoms with Crippen LogP contribution in [0.4, 0.5) is 5.69 Å². The summed E-state index contributed by atoms with van der Waals surface area (Å²) in [6, 6.07) is 17.3. The highest BCUT2D eigenvalue weighted by atomic mass is 16.5. The Morgan fingerprint density at radius 2 is 1.90 bits per heavy atom. The molecule has 0 saturated carbocycles. The topological polar surface area (TPSA) is 61.3 Å². The van der Waals surface area contributed by atoms with Crippen molar-refractivity contribution < 1.29 is 9.26 Å². The van der Waals surface area contributed by atoms with E-state index in [4.69, 9.17) is 15.0 Å². The number of hydrogen-bond donors (Lipinski definition) is 1. The predicted octanol–water partition coefficient (Wildman–Crippen LogP) is 3.81. The van der Waals surface area contributed by atoms with Crippen molar-refractivity contribution in [1.82, 2.24) is 5.16 Å². The van der Waals surface area contributed by atoms with Crippen LogP contribution in [-0.4, -0.2) is 5.16 Å². The molecule has 2 N–H and O–H groups in total. The van der Waals surface area contributed by atoms with Crippen LogP contribution in [0.15, 0.2) is 59.1 Å². The van der Waals surface area contributed by atoms with Gasteiger partial charge in [-0.3, -0.25) is 0 Å². The number of nitrogens with two attached hydrogens (primary N) is 1. The van der Waals surface area contributed by atoms with Crippen molar-refractivity contribution in [2.45, 2.75) is 13.5 Å². The van der Waals surface area contributed by atoms with Crippen LogP contribution in [0.1, 0.15) is 11.3 Å². The van der Waals surface area contributed by atoms with Gasteiger partial charge < -0.3 is 15.0 Å². The number of aryl methyl sites for hydroxylation is 1. The minimum absolute atomic E-state index is 0.362. The van der Waals surface area contributed by atoms with Crippen molar-refractivity contribution in [3.63, 3.8) is 0 Å². The van der Waals surface area contributed by atoms with Crippen LogP contribution >= 0.6 is 0 Å². The smallest absolute Gasteiger partial charge is 0.167 e. The third-order valence-corrected chi connectivity index (χ3v) is 3.19. The Balaban J connectivity index is 1.70. The number of benzene rings is 2. The van der Waals surface area contributed by atoms with E-state index >= 15 is 0 Å². The van der Waals surface area contributed by atoms with E-state index in [2.05, 4.69) is 5.16 Å². The average molecular weight is 280 g/mol. The van der Waals surface area contributed by atoms with Gasteiger partial charge in [-0.2, -0.15) is 0 Å². The van der Waals surface area contributed by atoms with Crippen LogP contribution in [0.3, 0.4) is 0 Å². The van der Waals surface area contributed by atoms with E-state index in [1.54, 1.807) is 0 Å². The maximum atomic E-state index is 5.75. The maximum Gasteiger partial charge on any atom is 0.167 e. The minimum atomic E-state index is 0.362. The van der Waals surface area contributed by atoms with Gasteiger partial charge in [0.15, 0.2) is 5.76 Å². The standard InChI is InChI=1S/C17H16N2O2/c1-12-9-14(18)7-8-16(12)20-11-15-10-17(21-19-15)13-5-3-2-4-6-13/h2-10H,11,18H2,1H3. The molecule has 3 aromatic rings. The first-order valence-electron chi connectivity index (χ1n) is 6.72. The molecule has 0 saturated heterocycles. The molecule has 0 aliphatic carbocycles. The molecule has 0 amide bonds. The highest BCUT2D eigenvalue weighted by Gasteiger charge is 2.07. The number of aromatic nitrogens is 1. The molecule has 4 nitrogen and oxygen atoms in total. The van der Waals surface area contributed by atoms with Gasteiger partial charge in [-0.05, 0) is 30.7 Å². The molecule has 1 heterocycles. The first-order chi connectivity index (χ1) is 10.2. The number of nitrogens with zero attached hydrogens (tertiary/aromatic N) is 1. The van der Waals surface area contributed by atoms with Crippen molar-refractivity contribution in [2.24, 2.45) is 0 Å². The lowest BCUT2D eigenvalue weighted by Crippen LogP contribution is -1.97. The molecule has 0 unspecified atom stereocenters. The fraction of sp³-hybridized carbons (Fsp3) is 0.118. The third kappa shape index (κ3) is 3.05. The van der Waals surface area contributed by atoms with Gasteiger partial charge in [-0.25, -0.2) is 0 Å². The lowest BCUT2D eigenvalue weighted by molar-refractivity contribution is 0.288. The number of anilines is 1. The summed E-state index contributed by atoms with van der Waals surface area (Å²) in [6.07, 6.45) is 0. The number of nitrogen functional groups attached to an aromatic ring is 1. The zero-order valence-electron chi connectivity index (χ0n) is 11.7.